The Morgan fingerprint density at radius 1 is 1.00 bits per heavy atom. The van der Waals surface area contributed by atoms with Gasteiger partial charge >= 0.3 is 0 Å². The zero-order chi connectivity index (χ0) is 13.9. The highest BCUT2D eigenvalue weighted by Crippen LogP contribution is 2.28. The summed E-state index contributed by atoms with van der Waals surface area (Å²) in [7, 11) is 3.28. The summed E-state index contributed by atoms with van der Waals surface area (Å²) in [6.45, 7) is 2.46. The van der Waals surface area contributed by atoms with Crippen LogP contribution >= 0.6 is 11.6 Å². The molecule has 0 aliphatic heterocycles. The molecule has 0 aliphatic rings. The second-order valence-electron chi connectivity index (χ2n) is 3.93. The Hall–Kier alpha value is -0.970. The highest BCUT2D eigenvalue weighted by molar-refractivity contribution is 6.17. The SMILES string of the molecule is COCCOCCCOc1cc(CCl)ccc1OC. The largest absolute Gasteiger partial charge is 0.493 e. The Morgan fingerprint density at radius 3 is 2.53 bits per heavy atom. The van der Waals surface area contributed by atoms with Crippen molar-refractivity contribution in [1.29, 1.82) is 0 Å². The van der Waals surface area contributed by atoms with Gasteiger partial charge in [-0.1, -0.05) is 6.07 Å². The van der Waals surface area contributed by atoms with Crippen LogP contribution in [0.1, 0.15) is 12.0 Å². The predicted molar refractivity (Wildman–Crippen MR) is 75.4 cm³/mol. The van der Waals surface area contributed by atoms with Crippen LogP contribution in [-0.2, 0) is 15.4 Å². The van der Waals surface area contributed by atoms with Crippen LogP contribution in [0.4, 0.5) is 0 Å². The lowest BCUT2D eigenvalue weighted by atomic mass is 10.2. The predicted octanol–water partition coefficient (Wildman–Crippen LogP) is 2.87. The fourth-order valence-corrected chi connectivity index (χ4v) is 1.67. The normalized spacial score (nSPS) is 10.5. The molecule has 0 atom stereocenters. The van der Waals surface area contributed by atoms with E-state index in [1.807, 2.05) is 18.2 Å². The van der Waals surface area contributed by atoms with Gasteiger partial charge in [-0.3, -0.25) is 0 Å². The van der Waals surface area contributed by atoms with Crippen LogP contribution < -0.4 is 9.47 Å². The summed E-state index contributed by atoms with van der Waals surface area (Å²) < 4.78 is 21.2. The molecule has 1 aromatic carbocycles. The van der Waals surface area contributed by atoms with Crippen LogP contribution in [0, 0.1) is 0 Å². The van der Waals surface area contributed by atoms with Crippen LogP contribution in [-0.4, -0.2) is 40.6 Å². The van der Waals surface area contributed by atoms with E-state index in [0.717, 1.165) is 17.7 Å². The minimum atomic E-state index is 0.459. The summed E-state index contributed by atoms with van der Waals surface area (Å²) in [5.41, 5.74) is 1.01. The number of hydrogen-bond donors (Lipinski definition) is 0. The molecule has 0 unspecified atom stereocenters. The van der Waals surface area contributed by atoms with E-state index in [9.17, 15) is 0 Å². The molecule has 1 aromatic rings. The van der Waals surface area contributed by atoms with Gasteiger partial charge in [0.1, 0.15) is 0 Å². The first-order valence-electron chi connectivity index (χ1n) is 6.24. The van der Waals surface area contributed by atoms with Gasteiger partial charge < -0.3 is 18.9 Å². The first kappa shape index (κ1) is 16.1. The molecule has 1 rings (SSSR count). The first-order chi connectivity index (χ1) is 9.31. The summed E-state index contributed by atoms with van der Waals surface area (Å²) in [6.07, 6.45) is 0.817. The number of halogens is 1. The molecule has 0 heterocycles. The van der Waals surface area contributed by atoms with E-state index in [2.05, 4.69) is 0 Å². The number of ether oxygens (including phenoxy) is 4. The third-order valence-corrected chi connectivity index (χ3v) is 2.81. The Balaban J connectivity index is 2.31. The van der Waals surface area contributed by atoms with Crippen molar-refractivity contribution in [2.24, 2.45) is 0 Å². The molecular formula is C14H21ClO4. The lowest BCUT2D eigenvalue weighted by Gasteiger charge is -2.11. The van der Waals surface area contributed by atoms with Crippen molar-refractivity contribution in [3.8, 4) is 11.5 Å². The lowest BCUT2D eigenvalue weighted by molar-refractivity contribution is 0.0643. The zero-order valence-corrected chi connectivity index (χ0v) is 12.2. The lowest BCUT2D eigenvalue weighted by Crippen LogP contribution is -2.07. The van der Waals surface area contributed by atoms with Gasteiger partial charge in [-0.2, -0.15) is 0 Å². The average molecular weight is 289 g/mol. The van der Waals surface area contributed by atoms with Crippen LogP contribution in [0.5, 0.6) is 11.5 Å². The second kappa shape index (κ2) is 9.89. The summed E-state index contributed by atoms with van der Waals surface area (Å²) in [5.74, 6) is 1.90. The molecule has 0 saturated carbocycles. The van der Waals surface area contributed by atoms with E-state index in [0.29, 0.717) is 38.1 Å². The highest BCUT2D eigenvalue weighted by atomic mass is 35.5. The van der Waals surface area contributed by atoms with Crippen molar-refractivity contribution in [3.05, 3.63) is 23.8 Å². The number of methoxy groups -OCH3 is 2. The quantitative estimate of drug-likeness (QED) is 0.490. The minimum Gasteiger partial charge on any atom is -0.493 e. The van der Waals surface area contributed by atoms with Gasteiger partial charge in [-0.25, -0.2) is 0 Å². The number of benzene rings is 1. The molecule has 0 N–H and O–H groups in total. The molecule has 0 aromatic heterocycles. The topological polar surface area (TPSA) is 36.9 Å². The van der Waals surface area contributed by atoms with Gasteiger partial charge in [0.2, 0.25) is 0 Å². The van der Waals surface area contributed by atoms with Gasteiger partial charge in [0.05, 0.1) is 26.9 Å². The van der Waals surface area contributed by atoms with E-state index >= 15 is 0 Å². The number of alkyl halides is 1. The zero-order valence-electron chi connectivity index (χ0n) is 11.5. The molecular weight excluding hydrogens is 268 g/mol. The molecule has 0 saturated heterocycles. The fraction of sp³-hybridized carbons (Fsp3) is 0.571. The summed E-state index contributed by atoms with van der Waals surface area (Å²) in [6, 6.07) is 5.69. The van der Waals surface area contributed by atoms with E-state index < -0.39 is 0 Å². The Labute approximate surface area is 119 Å². The van der Waals surface area contributed by atoms with E-state index in [1.54, 1.807) is 14.2 Å². The van der Waals surface area contributed by atoms with Crippen molar-refractivity contribution in [2.45, 2.75) is 12.3 Å². The summed E-state index contributed by atoms with van der Waals surface area (Å²) >= 11 is 5.80. The molecule has 0 fully saturated rings. The third kappa shape index (κ3) is 6.14. The van der Waals surface area contributed by atoms with Crippen LogP contribution in [0.25, 0.3) is 0 Å². The van der Waals surface area contributed by atoms with Crippen molar-refractivity contribution < 1.29 is 18.9 Å². The molecule has 19 heavy (non-hydrogen) atoms. The number of hydrogen-bond acceptors (Lipinski definition) is 4. The Kier molecular flexibility index (Phi) is 8.38. The van der Waals surface area contributed by atoms with Crippen molar-refractivity contribution in [2.75, 3.05) is 40.6 Å². The van der Waals surface area contributed by atoms with Crippen molar-refractivity contribution >= 4 is 11.6 Å². The Bertz CT molecular complexity index is 357. The molecule has 0 aliphatic carbocycles. The van der Waals surface area contributed by atoms with Gasteiger partial charge in [0.15, 0.2) is 11.5 Å². The molecule has 4 nitrogen and oxygen atoms in total. The van der Waals surface area contributed by atoms with Crippen LogP contribution in [0.15, 0.2) is 18.2 Å². The fourth-order valence-electron chi connectivity index (χ4n) is 1.50. The molecule has 0 spiro atoms. The molecule has 108 valence electrons. The van der Waals surface area contributed by atoms with E-state index in [4.69, 9.17) is 30.5 Å². The van der Waals surface area contributed by atoms with Crippen molar-refractivity contribution in [1.82, 2.24) is 0 Å². The van der Waals surface area contributed by atoms with Crippen molar-refractivity contribution in [3.63, 3.8) is 0 Å². The van der Waals surface area contributed by atoms with Gasteiger partial charge in [-0.05, 0) is 17.7 Å². The highest BCUT2D eigenvalue weighted by Gasteiger charge is 2.05. The first-order valence-corrected chi connectivity index (χ1v) is 6.77. The number of rotatable bonds is 10. The standard InChI is InChI=1S/C14H21ClO4/c1-16-8-9-18-6-3-7-19-14-10-12(11-15)4-5-13(14)17-2/h4-5,10H,3,6-9,11H2,1-2H3. The maximum absolute atomic E-state index is 5.80. The smallest absolute Gasteiger partial charge is 0.161 e. The van der Waals surface area contributed by atoms with E-state index in [1.165, 1.54) is 0 Å². The Morgan fingerprint density at radius 2 is 1.84 bits per heavy atom. The summed E-state index contributed by atoms with van der Waals surface area (Å²) in [4.78, 5) is 0. The molecule has 0 radical (unpaired) electrons. The van der Waals surface area contributed by atoms with Crippen LogP contribution in [0.2, 0.25) is 0 Å². The maximum Gasteiger partial charge on any atom is 0.161 e. The second-order valence-corrected chi connectivity index (χ2v) is 4.19. The van der Waals surface area contributed by atoms with Crippen LogP contribution in [0.3, 0.4) is 0 Å². The minimum absolute atomic E-state index is 0.459. The van der Waals surface area contributed by atoms with Gasteiger partial charge in [-0.15, -0.1) is 11.6 Å². The van der Waals surface area contributed by atoms with E-state index in [-0.39, 0.29) is 0 Å². The van der Waals surface area contributed by atoms with Gasteiger partial charge in [0, 0.05) is 26.0 Å². The average Bonchev–Trinajstić information content (AvgIpc) is 2.46. The molecule has 0 amide bonds. The van der Waals surface area contributed by atoms with Gasteiger partial charge in [0.25, 0.3) is 0 Å². The monoisotopic (exact) mass is 288 g/mol. The molecule has 5 heteroatoms. The summed E-state index contributed by atoms with van der Waals surface area (Å²) in [5, 5.41) is 0. The third-order valence-electron chi connectivity index (χ3n) is 2.50. The maximum atomic E-state index is 5.80. The molecule has 0 bridgehead atoms.